The van der Waals surface area contributed by atoms with E-state index in [9.17, 15) is 4.79 Å². The van der Waals surface area contributed by atoms with Gasteiger partial charge in [0.15, 0.2) is 0 Å². The van der Waals surface area contributed by atoms with Gasteiger partial charge in [-0.2, -0.15) is 5.10 Å². The second-order valence-corrected chi connectivity index (χ2v) is 12.1. The normalized spacial score (nSPS) is 15.1. The number of carbonyl (C=O) groups is 1. The first-order valence-corrected chi connectivity index (χ1v) is 16.4. The van der Waals surface area contributed by atoms with E-state index >= 15 is 0 Å². The number of aromatic amines is 1. The molecule has 2 aromatic carbocycles. The summed E-state index contributed by atoms with van der Waals surface area (Å²) in [6.07, 6.45) is 8.04. The van der Waals surface area contributed by atoms with Gasteiger partial charge in [0.25, 0.3) is 0 Å². The average molecular weight is 600 g/mol. The van der Waals surface area contributed by atoms with Crippen molar-refractivity contribution in [1.29, 1.82) is 0 Å². The molecule has 0 fully saturated rings. The number of benzene rings is 2. The minimum absolute atomic E-state index is 0.0756. The highest BCUT2D eigenvalue weighted by atomic mass is 16.5. The van der Waals surface area contributed by atoms with E-state index in [0.717, 1.165) is 76.8 Å². The third-order valence-corrected chi connectivity index (χ3v) is 8.74. The zero-order chi connectivity index (χ0) is 30.5. The Hall–Kier alpha value is -3.62. The highest BCUT2D eigenvalue weighted by Crippen LogP contribution is 2.39. The lowest BCUT2D eigenvalue weighted by Gasteiger charge is -2.19. The van der Waals surface area contributed by atoms with Gasteiger partial charge < -0.3 is 23.5 Å². The maximum absolute atomic E-state index is 13.7. The van der Waals surface area contributed by atoms with Crippen LogP contribution in [0.4, 0.5) is 0 Å². The summed E-state index contributed by atoms with van der Waals surface area (Å²) < 4.78 is 26.3. The molecule has 44 heavy (non-hydrogen) atoms. The molecule has 3 heterocycles. The van der Waals surface area contributed by atoms with Gasteiger partial charge in [0.05, 0.1) is 49.4 Å². The molecule has 0 spiro atoms. The number of esters is 1. The van der Waals surface area contributed by atoms with Crippen molar-refractivity contribution >= 4 is 16.9 Å². The largest absolute Gasteiger partial charge is 0.493 e. The van der Waals surface area contributed by atoms with Crippen molar-refractivity contribution in [3.8, 4) is 16.9 Å². The van der Waals surface area contributed by atoms with Gasteiger partial charge in [0.2, 0.25) is 0 Å². The van der Waals surface area contributed by atoms with E-state index in [0.29, 0.717) is 51.7 Å². The second-order valence-electron chi connectivity index (χ2n) is 12.1. The van der Waals surface area contributed by atoms with Gasteiger partial charge >= 0.3 is 5.97 Å². The molecule has 0 saturated carbocycles. The fourth-order valence-corrected chi connectivity index (χ4v) is 6.75. The molecule has 0 atom stereocenters. The van der Waals surface area contributed by atoms with E-state index in [1.165, 1.54) is 24.0 Å². The number of para-hydroxylation sites is 1. The predicted octanol–water partition coefficient (Wildman–Crippen LogP) is 7.33. The Morgan fingerprint density at radius 3 is 2.82 bits per heavy atom. The van der Waals surface area contributed by atoms with E-state index in [1.54, 1.807) is 0 Å². The minimum atomic E-state index is -0.274. The topological polar surface area (TPSA) is 87.6 Å². The molecule has 0 unspecified atom stereocenters. The molecule has 0 amide bonds. The van der Waals surface area contributed by atoms with Gasteiger partial charge in [-0.15, -0.1) is 0 Å². The maximum atomic E-state index is 13.7. The number of hydrogen-bond donors (Lipinski definition) is 1. The van der Waals surface area contributed by atoms with Crippen molar-refractivity contribution in [2.24, 2.45) is 0 Å². The van der Waals surface area contributed by atoms with Gasteiger partial charge in [-0.25, -0.2) is 4.79 Å². The molecule has 8 nitrogen and oxygen atoms in total. The maximum Gasteiger partial charge on any atom is 0.355 e. The molecule has 1 aliphatic heterocycles. The standard InChI is InChI=1S/C36H45N3O5/c1-4-42-36(40)35-28(17-11-21-43-32-18-9-13-25-12-5-6-14-26(25)32)27-15-10-16-29-33-30(37-38-31(33)23-44-24(2)3)22-41-20-8-7-19-39(35)34(27)29/h9-10,13,15-16,18,24H,4-8,11-12,14,17,19-23H2,1-3H3,(H,37,38). The average Bonchev–Trinajstić information content (AvgIpc) is 3.57. The summed E-state index contributed by atoms with van der Waals surface area (Å²) in [6, 6.07) is 12.8. The Labute approximate surface area is 260 Å². The summed E-state index contributed by atoms with van der Waals surface area (Å²) in [7, 11) is 0. The molecular weight excluding hydrogens is 554 g/mol. The highest BCUT2D eigenvalue weighted by Gasteiger charge is 2.28. The molecule has 1 N–H and O–H groups in total. The Kier molecular flexibility index (Phi) is 9.67. The van der Waals surface area contributed by atoms with Crippen LogP contribution in [0.1, 0.15) is 91.4 Å². The Morgan fingerprint density at radius 1 is 1.09 bits per heavy atom. The quantitative estimate of drug-likeness (QED) is 0.152. The number of fused-ring (bicyclic) bond motifs is 3. The molecule has 0 bridgehead atoms. The molecule has 6 rings (SSSR count). The minimum Gasteiger partial charge on any atom is -0.493 e. The van der Waals surface area contributed by atoms with E-state index in [1.807, 2.05) is 20.8 Å². The second kappa shape index (κ2) is 14.0. The number of nitrogens with one attached hydrogen (secondary N) is 1. The lowest BCUT2D eigenvalue weighted by atomic mass is 9.91. The Balaban J connectivity index is 1.40. The van der Waals surface area contributed by atoms with Crippen molar-refractivity contribution in [2.45, 2.75) is 98.0 Å². The first kappa shape index (κ1) is 30.4. The van der Waals surface area contributed by atoms with Gasteiger partial charge in [-0.05, 0) is 94.9 Å². The first-order chi connectivity index (χ1) is 21.6. The van der Waals surface area contributed by atoms with Crippen molar-refractivity contribution in [3.05, 3.63) is 70.2 Å². The predicted molar refractivity (Wildman–Crippen MR) is 171 cm³/mol. The van der Waals surface area contributed by atoms with Gasteiger partial charge in [0, 0.05) is 29.7 Å². The molecular formula is C36H45N3O5. The van der Waals surface area contributed by atoms with Crippen LogP contribution in [0, 0.1) is 0 Å². The van der Waals surface area contributed by atoms with Crippen LogP contribution in [-0.2, 0) is 53.2 Å². The van der Waals surface area contributed by atoms with E-state index in [-0.39, 0.29) is 12.1 Å². The summed E-state index contributed by atoms with van der Waals surface area (Å²) in [5.74, 6) is 0.738. The number of H-pyrrole nitrogens is 1. The van der Waals surface area contributed by atoms with Crippen molar-refractivity contribution < 1.29 is 23.7 Å². The van der Waals surface area contributed by atoms with Crippen LogP contribution in [0.5, 0.6) is 5.75 Å². The number of aryl methyl sites for hydroxylation is 3. The zero-order valence-electron chi connectivity index (χ0n) is 26.4. The van der Waals surface area contributed by atoms with Gasteiger partial charge in [-0.1, -0.05) is 30.3 Å². The zero-order valence-corrected chi connectivity index (χ0v) is 26.4. The monoisotopic (exact) mass is 599 g/mol. The lowest BCUT2D eigenvalue weighted by Crippen LogP contribution is -2.15. The van der Waals surface area contributed by atoms with Crippen molar-refractivity contribution in [1.82, 2.24) is 14.8 Å². The molecule has 234 valence electrons. The molecule has 8 heteroatoms. The van der Waals surface area contributed by atoms with Crippen LogP contribution >= 0.6 is 0 Å². The summed E-state index contributed by atoms with van der Waals surface area (Å²) in [5, 5.41) is 8.97. The summed E-state index contributed by atoms with van der Waals surface area (Å²) >= 11 is 0. The molecule has 0 radical (unpaired) electrons. The number of aromatic nitrogens is 3. The van der Waals surface area contributed by atoms with Crippen LogP contribution in [0.3, 0.4) is 0 Å². The number of ether oxygens (including phenoxy) is 4. The molecule has 4 aromatic rings. The summed E-state index contributed by atoms with van der Waals surface area (Å²) in [4.78, 5) is 13.7. The first-order valence-electron chi connectivity index (χ1n) is 16.4. The van der Waals surface area contributed by atoms with Crippen LogP contribution < -0.4 is 4.74 Å². The van der Waals surface area contributed by atoms with Gasteiger partial charge in [-0.3, -0.25) is 5.10 Å². The van der Waals surface area contributed by atoms with E-state index < -0.39 is 0 Å². The fraction of sp³-hybridized carbons (Fsp3) is 0.500. The SMILES string of the molecule is CCOC(=O)c1c(CCCOc2cccc3c2CCCC3)c2cccc3c2n1CCCCOCc1[nH]nc(COC(C)C)c1-3. The molecule has 1 aliphatic carbocycles. The third kappa shape index (κ3) is 6.28. The summed E-state index contributed by atoms with van der Waals surface area (Å²) in [5.41, 5.74) is 9.30. The van der Waals surface area contributed by atoms with Crippen molar-refractivity contribution in [2.75, 3.05) is 19.8 Å². The lowest BCUT2D eigenvalue weighted by molar-refractivity contribution is 0.0512. The van der Waals surface area contributed by atoms with Crippen LogP contribution in [0.15, 0.2) is 36.4 Å². The fourth-order valence-electron chi connectivity index (χ4n) is 6.75. The summed E-state index contributed by atoms with van der Waals surface area (Å²) in [6.45, 7) is 9.00. The highest BCUT2D eigenvalue weighted by molar-refractivity contribution is 6.04. The van der Waals surface area contributed by atoms with Crippen LogP contribution in [-0.4, -0.2) is 46.7 Å². The molecule has 2 aromatic heterocycles. The van der Waals surface area contributed by atoms with E-state index in [4.69, 9.17) is 18.9 Å². The third-order valence-electron chi connectivity index (χ3n) is 8.74. The van der Waals surface area contributed by atoms with Crippen LogP contribution in [0.2, 0.25) is 0 Å². The number of rotatable bonds is 10. The smallest absolute Gasteiger partial charge is 0.355 e. The Bertz CT molecular complexity index is 1600. The number of carbonyl (C=O) groups excluding carboxylic acids is 1. The van der Waals surface area contributed by atoms with Gasteiger partial charge in [0.1, 0.15) is 11.4 Å². The number of nitrogens with zero attached hydrogens (tertiary/aromatic N) is 2. The molecule has 0 saturated heterocycles. The number of hydrogen-bond acceptors (Lipinski definition) is 6. The van der Waals surface area contributed by atoms with Crippen LogP contribution in [0.25, 0.3) is 22.0 Å². The van der Waals surface area contributed by atoms with Crippen molar-refractivity contribution in [3.63, 3.8) is 0 Å². The van der Waals surface area contributed by atoms with E-state index in [2.05, 4.69) is 51.2 Å². The molecule has 2 aliphatic rings. The Morgan fingerprint density at radius 2 is 1.95 bits per heavy atom.